The van der Waals surface area contributed by atoms with Crippen molar-refractivity contribution < 1.29 is 31.2 Å². The van der Waals surface area contributed by atoms with Gasteiger partial charge in [-0.3, -0.25) is 13.9 Å². The molecule has 43 heavy (non-hydrogen) atoms. The van der Waals surface area contributed by atoms with Gasteiger partial charge in [0.1, 0.15) is 12.6 Å². The van der Waals surface area contributed by atoms with Gasteiger partial charge in [-0.25, -0.2) is 8.42 Å². The molecule has 0 aliphatic carbocycles. The molecule has 0 aliphatic rings. The highest BCUT2D eigenvalue weighted by Gasteiger charge is 2.36. The lowest BCUT2D eigenvalue weighted by atomic mass is 10.0. The van der Waals surface area contributed by atoms with Crippen molar-refractivity contribution in [3.05, 3.63) is 99.0 Å². The van der Waals surface area contributed by atoms with Crippen molar-refractivity contribution in [3.8, 4) is 0 Å². The third kappa shape index (κ3) is 9.97. The number of nitrogens with zero attached hydrogens (tertiary/aromatic N) is 2. The Kier molecular flexibility index (Phi) is 12.1. The molecular weight excluding hydrogens is 671 g/mol. The van der Waals surface area contributed by atoms with Crippen LogP contribution in [0.3, 0.4) is 0 Å². The van der Waals surface area contributed by atoms with Gasteiger partial charge in [0, 0.05) is 24.0 Å². The predicted molar refractivity (Wildman–Crippen MR) is 165 cm³/mol. The average Bonchev–Trinajstić information content (AvgIpc) is 2.93. The van der Waals surface area contributed by atoms with Crippen LogP contribution < -0.4 is 9.62 Å². The van der Waals surface area contributed by atoms with E-state index in [2.05, 4.69) is 21.2 Å². The van der Waals surface area contributed by atoms with Crippen LogP contribution in [0.4, 0.5) is 18.9 Å². The van der Waals surface area contributed by atoms with Gasteiger partial charge in [-0.05, 0) is 47.9 Å². The van der Waals surface area contributed by atoms with E-state index in [9.17, 15) is 31.2 Å². The lowest BCUT2D eigenvalue weighted by Crippen LogP contribution is -2.53. The summed E-state index contributed by atoms with van der Waals surface area (Å²) in [6, 6.07) is 17.7. The second-order valence-electron chi connectivity index (χ2n) is 9.93. The van der Waals surface area contributed by atoms with Crippen molar-refractivity contribution >= 4 is 55.1 Å². The number of hydrogen-bond donors (Lipinski definition) is 1. The molecule has 7 nitrogen and oxygen atoms in total. The van der Waals surface area contributed by atoms with E-state index in [0.29, 0.717) is 28.9 Å². The molecule has 0 aromatic heterocycles. The number of unbranched alkanes of at least 4 members (excludes halogenated alkanes) is 1. The Labute approximate surface area is 263 Å². The fraction of sp³-hybridized carbons (Fsp3) is 0.333. The smallest absolute Gasteiger partial charge is 0.354 e. The first-order valence-corrected chi connectivity index (χ1v) is 16.4. The van der Waals surface area contributed by atoms with E-state index in [1.165, 1.54) is 4.90 Å². The minimum atomic E-state index is -4.86. The largest absolute Gasteiger partial charge is 0.417 e. The van der Waals surface area contributed by atoms with E-state index in [0.717, 1.165) is 34.8 Å². The molecule has 13 heteroatoms. The number of amides is 2. The van der Waals surface area contributed by atoms with Crippen molar-refractivity contribution in [1.29, 1.82) is 0 Å². The number of anilines is 1. The molecule has 0 spiro atoms. The number of benzene rings is 3. The molecule has 0 saturated carbocycles. The van der Waals surface area contributed by atoms with E-state index in [1.54, 1.807) is 36.4 Å². The zero-order chi connectivity index (χ0) is 31.8. The number of halogens is 5. The summed E-state index contributed by atoms with van der Waals surface area (Å²) in [6.45, 7) is 1.43. The van der Waals surface area contributed by atoms with Crippen molar-refractivity contribution in [2.75, 3.05) is 23.7 Å². The molecule has 3 aromatic carbocycles. The highest BCUT2D eigenvalue weighted by molar-refractivity contribution is 9.10. The summed E-state index contributed by atoms with van der Waals surface area (Å²) < 4.78 is 67.9. The van der Waals surface area contributed by atoms with Crippen LogP contribution >= 0.6 is 27.5 Å². The van der Waals surface area contributed by atoms with Gasteiger partial charge in [0.05, 0.1) is 22.5 Å². The maximum Gasteiger partial charge on any atom is 0.417 e. The molecule has 3 rings (SSSR count). The van der Waals surface area contributed by atoms with Gasteiger partial charge < -0.3 is 10.2 Å². The van der Waals surface area contributed by atoms with Crippen LogP contribution in [-0.4, -0.2) is 50.5 Å². The quantitative estimate of drug-likeness (QED) is 0.208. The molecule has 0 radical (unpaired) electrons. The SMILES string of the molecule is CCCCNC(=O)C(Cc1ccccc1)N(Cc1cccc(Br)c1)C(=O)CN(c1ccc(Cl)c(C(F)(F)F)c1)S(C)(=O)=O. The molecule has 0 fully saturated rings. The Balaban J connectivity index is 2.08. The highest BCUT2D eigenvalue weighted by Crippen LogP contribution is 2.37. The van der Waals surface area contributed by atoms with E-state index >= 15 is 0 Å². The van der Waals surface area contributed by atoms with Crippen LogP contribution in [0.15, 0.2) is 77.3 Å². The van der Waals surface area contributed by atoms with E-state index in [1.807, 2.05) is 25.1 Å². The summed E-state index contributed by atoms with van der Waals surface area (Å²) >= 11 is 9.16. The maximum absolute atomic E-state index is 14.1. The van der Waals surface area contributed by atoms with E-state index in [-0.39, 0.29) is 18.7 Å². The third-order valence-corrected chi connectivity index (χ3v) is 8.53. The zero-order valence-corrected chi connectivity index (χ0v) is 26.7. The number of hydrogen-bond acceptors (Lipinski definition) is 4. The molecule has 0 saturated heterocycles. The van der Waals surface area contributed by atoms with Crippen molar-refractivity contribution in [3.63, 3.8) is 0 Å². The van der Waals surface area contributed by atoms with Crippen LogP contribution in [0.5, 0.6) is 0 Å². The number of alkyl halides is 3. The van der Waals surface area contributed by atoms with Gasteiger partial charge in [-0.1, -0.05) is 83.3 Å². The van der Waals surface area contributed by atoms with Crippen LogP contribution in [-0.2, 0) is 38.8 Å². The standard InChI is InChI=1S/C30H32BrClF3N3O4S/c1-3-4-15-36-29(40)27(17-21-9-6-5-7-10-21)37(19-22-11-8-12-23(31)16-22)28(39)20-38(43(2,41)42)24-13-14-26(32)25(18-24)30(33,34)35/h5-14,16,18,27H,3-4,15,17,19-20H2,1-2H3,(H,36,40). The zero-order valence-electron chi connectivity index (χ0n) is 23.6. The lowest BCUT2D eigenvalue weighted by molar-refractivity contribution is -0.140. The van der Waals surface area contributed by atoms with Crippen LogP contribution in [0, 0.1) is 0 Å². The summed E-state index contributed by atoms with van der Waals surface area (Å²) in [5.41, 5.74) is -0.213. The van der Waals surface area contributed by atoms with Crippen LogP contribution in [0.25, 0.3) is 0 Å². The maximum atomic E-state index is 14.1. The number of rotatable bonds is 13. The second-order valence-corrected chi connectivity index (χ2v) is 13.2. The van der Waals surface area contributed by atoms with Crippen molar-refractivity contribution in [2.45, 2.75) is 44.9 Å². The monoisotopic (exact) mass is 701 g/mol. The van der Waals surface area contributed by atoms with Crippen molar-refractivity contribution in [2.24, 2.45) is 0 Å². The highest BCUT2D eigenvalue weighted by atomic mass is 79.9. The Morgan fingerprint density at radius 3 is 2.28 bits per heavy atom. The number of sulfonamides is 1. The minimum Gasteiger partial charge on any atom is -0.354 e. The summed E-state index contributed by atoms with van der Waals surface area (Å²) in [6.07, 6.45) is -2.40. The molecule has 2 amide bonds. The molecule has 1 atom stereocenters. The first-order chi connectivity index (χ1) is 20.2. The molecule has 232 valence electrons. The Morgan fingerprint density at radius 2 is 1.67 bits per heavy atom. The fourth-order valence-corrected chi connectivity index (χ4v) is 5.90. The third-order valence-electron chi connectivity index (χ3n) is 6.57. The second kappa shape index (κ2) is 15.1. The lowest BCUT2D eigenvalue weighted by Gasteiger charge is -2.33. The van der Waals surface area contributed by atoms with Crippen LogP contribution in [0.1, 0.15) is 36.5 Å². The number of carbonyl (C=O) groups is 2. The molecule has 0 heterocycles. The summed E-state index contributed by atoms with van der Waals surface area (Å²) in [5, 5.41) is 2.26. The molecule has 3 aromatic rings. The first kappa shape index (κ1) is 34.4. The molecule has 1 N–H and O–H groups in total. The van der Waals surface area contributed by atoms with Gasteiger partial charge >= 0.3 is 6.18 Å². The summed E-state index contributed by atoms with van der Waals surface area (Å²) in [5.74, 6) is -1.21. The normalized spacial score (nSPS) is 12.4. The molecule has 0 bridgehead atoms. The van der Waals surface area contributed by atoms with Gasteiger partial charge in [-0.2, -0.15) is 13.2 Å². The molecule has 0 aliphatic heterocycles. The van der Waals surface area contributed by atoms with Gasteiger partial charge in [0.15, 0.2) is 0 Å². The van der Waals surface area contributed by atoms with Gasteiger partial charge in [0.2, 0.25) is 21.8 Å². The molecular formula is C30H32BrClF3N3O4S. The number of carbonyl (C=O) groups excluding carboxylic acids is 2. The topological polar surface area (TPSA) is 86.8 Å². The Morgan fingerprint density at radius 1 is 1.00 bits per heavy atom. The number of nitrogens with one attached hydrogen (secondary N) is 1. The molecule has 1 unspecified atom stereocenters. The van der Waals surface area contributed by atoms with E-state index < -0.39 is 51.2 Å². The van der Waals surface area contributed by atoms with E-state index in [4.69, 9.17) is 11.6 Å². The van der Waals surface area contributed by atoms with Gasteiger partial charge in [-0.15, -0.1) is 0 Å². The average molecular weight is 703 g/mol. The summed E-state index contributed by atoms with van der Waals surface area (Å²) in [7, 11) is -4.26. The van der Waals surface area contributed by atoms with Crippen molar-refractivity contribution in [1.82, 2.24) is 10.2 Å². The predicted octanol–water partition coefficient (Wildman–Crippen LogP) is 6.44. The Hall–Kier alpha value is -3.09. The minimum absolute atomic E-state index is 0.0665. The Bertz CT molecular complexity index is 1520. The first-order valence-electron chi connectivity index (χ1n) is 13.4. The fourth-order valence-electron chi connectivity index (χ4n) is 4.39. The van der Waals surface area contributed by atoms with Crippen LogP contribution in [0.2, 0.25) is 5.02 Å². The van der Waals surface area contributed by atoms with Gasteiger partial charge in [0.25, 0.3) is 0 Å². The summed E-state index contributed by atoms with van der Waals surface area (Å²) in [4.78, 5) is 28.9.